The standard InChI is InChI=1S/C3H3NO2.Na.H/c1-2-3(5)6-4;;/h1H,4H2;;. The quantitative estimate of drug-likeness (QED) is 0.231. The summed E-state index contributed by atoms with van der Waals surface area (Å²) in [5.41, 5.74) is 0. The van der Waals surface area contributed by atoms with Gasteiger partial charge in [0, 0.05) is 5.92 Å². The monoisotopic (exact) mass is 109 g/mol. The van der Waals surface area contributed by atoms with Gasteiger partial charge in [-0.15, -0.1) is 6.42 Å². The summed E-state index contributed by atoms with van der Waals surface area (Å²) in [5.74, 6) is 5.07. The molecule has 7 heavy (non-hydrogen) atoms. The molecule has 0 bridgehead atoms. The normalized spacial score (nSPS) is 5.14. The Balaban J connectivity index is 0. The summed E-state index contributed by atoms with van der Waals surface area (Å²) in [6.07, 6.45) is 4.48. The van der Waals surface area contributed by atoms with Crippen LogP contribution >= 0.6 is 0 Å². The Hall–Kier alpha value is -0.0100. The van der Waals surface area contributed by atoms with Crippen molar-refractivity contribution in [2.24, 2.45) is 5.90 Å². The maximum atomic E-state index is 9.60. The zero-order valence-electron chi connectivity index (χ0n) is 2.97. The Morgan fingerprint density at radius 3 is 2.29 bits per heavy atom. The van der Waals surface area contributed by atoms with Crippen LogP contribution in [0.5, 0.6) is 0 Å². The molecule has 0 radical (unpaired) electrons. The first-order chi connectivity index (χ1) is 2.81. The van der Waals surface area contributed by atoms with Crippen molar-refractivity contribution in [1.29, 1.82) is 0 Å². The maximum absolute atomic E-state index is 9.60. The fourth-order valence-corrected chi connectivity index (χ4v) is 0.0340. The number of rotatable bonds is 0. The molecule has 0 aliphatic carbocycles. The number of carbonyl (C=O) groups is 1. The average molecular weight is 109 g/mol. The van der Waals surface area contributed by atoms with E-state index < -0.39 is 5.97 Å². The summed E-state index contributed by atoms with van der Waals surface area (Å²) in [6, 6.07) is 0. The average Bonchev–Trinajstić information content (AvgIpc) is 1.65. The van der Waals surface area contributed by atoms with Crippen molar-refractivity contribution >= 4 is 35.5 Å². The summed E-state index contributed by atoms with van der Waals surface area (Å²) >= 11 is 0. The Bertz CT molecular complexity index is 95.6. The third-order valence-electron chi connectivity index (χ3n) is 0.225. The van der Waals surface area contributed by atoms with E-state index in [1.54, 1.807) is 5.92 Å². The molecule has 0 amide bonds. The first-order valence-electron chi connectivity index (χ1n) is 1.18. The van der Waals surface area contributed by atoms with Crippen LogP contribution in [0.4, 0.5) is 0 Å². The number of hydrogen-bond donors (Lipinski definition) is 1. The SMILES string of the molecule is C#CC(=O)ON.[NaH]. The zero-order chi connectivity index (χ0) is 4.99. The first kappa shape index (κ1) is 10.1. The van der Waals surface area contributed by atoms with E-state index in [2.05, 4.69) is 17.2 Å². The van der Waals surface area contributed by atoms with Gasteiger partial charge in [-0.1, -0.05) is 0 Å². The van der Waals surface area contributed by atoms with Crippen LogP contribution in [0.3, 0.4) is 0 Å². The van der Waals surface area contributed by atoms with Gasteiger partial charge in [0.2, 0.25) is 0 Å². The van der Waals surface area contributed by atoms with Gasteiger partial charge in [0.1, 0.15) is 0 Å². The van der Waals surface area contributed by atoms with Gasteiger partial charge in [0.15, 0.2) is 0 Å². The van der Waals surface area contributed by atoms with E-state index in [0.29, 0.717) is 0 Å². The van der Waals surface area contributed by atoms with Crippen molar-refractivity contribution < 1.29 is 9.63 Å². The zero-order valence-corrected chi connectivity index (χ0v) is 2.97. The van der Waals surface area contributed by atoms with Crippen LogP contribution < -0.4 is 5.90 Å². The van der Waals surface area contributed by atoms with E-state index >= 15 is 0 Å². The van der Waals surface area contributed by atoms with Crippen molar-refractivity contribution in [2.45, 2.75) is 0 Å². The summed E-state index contributed by atoms with van der Waals surface area (Å²) in [5, 5.41) is 0. The van der Waals surface area contributed by atoms with Crippen LogP contribution in [0.15, 0.2) is 0 Å². The van der Waals surface area contributed by atoms with Gasteiger partial charge in [-0.3, -0.25) is 0 Å². The van der Waals surface area contributed by atoms with Gasteiger partial charge < -0.3 is 4.84 Å². The molecule has 0 rings (SSSR count). The first-order valence-corrected chi connectivity index (χ1v) is 1.18. The summed E-state index contributed by atoms with van der Waals surface area (Å²) in [6.45, 7) is 0. The van der Waals surface area contributed by atoms with Crippen LogP contribution in [-0.2, 0) is 9.63 Å². The molecular weight excluding hydrogens is 105 g/mol. The number of terminal acetylenes is 1. The fraction of sp³-hybridized carbons (Fsp3) is 0. The molecule has 0 aromatic carbocycles. The van der Waals surface area contributed by atoms with Gasteiger partial charge in [-0.2, -0.15) is 5.90 Å². The van der Waals surface area contributed by atoms with Crippen molar-refractivity contribution in [3.05, 3.63) is 0 Å². The molecule has 0 aromatic rings. The van der Waals surface area contributed by atoms with E-state index in [-0.39, 0.29) is 29.6 Å². The second kappa shape index (κ2) is 5.99. The molecule has 0 aliphatic heterocycles. The fourth-order valence-electron chi connectivity index (χ4n) is 0.0340. The molecule has 4 heteroatoms. The molecule has 0 saturated heterocycles. The minimum absolute atomic E-state index is 0. The van der Waals surface area contributed by atoms with Crippen LogP contribution in [0, 0.1) is 12.3 Å². The van der Waals surface area contributed by atoms with Crippen molar-refractivity contribution in [3.63, 3.8) is 0 Å². The molecule has 0 spiro atoms. The van der Waals surface area contributed by atoms with Crippen LogP contribution in [0.25, 0.3) is 0 Å². The topological polar surface area (TPSA) is 52.3 Å². The molecule has 0 saturated carbocycles. The van der Waals surface area contributed by atoms with Gasteiger partial charge in [0.25, 0.3) is 0 Å². The van der Waals surface area contributed by atoms with Crippen LogP contribution in [-0.4, -0.2) is 35.5 Å². The van der Waals surface area contributed by atoms with Crippen LogP contribution in [0.2, 0.25) is 0 Å². The molecule has 3 nitrogen and oxygen atoms in total. The van der Waals surface area contributed by atoms with Crippen molar-refractivity contribution in [1.82, 2.24) is 0 Å². The Labute approximate surface area is 63.5 Å². The Kier molecular flexibility index (Phi) is 8.62. The molecule has 0 heterocycles. The predicted octanol–water partition coefficient (Wildman–Crippen LogP) is -1.61. The van der Waals surface area contributed by atoms with Crippen LogP contribution in [0.1, 0.15) is 0 Å². The summed E-state index contributed by atoms with van der Waals surface area (Å²) in [4.78, 5) is 13.1. The number of nitrogens with two attached hydrogens (primary N) is 1. The van der Waals surface area contributed by atoms with Gasteiger partial charge in [-0.25, -0.2) is 4.79 Å². The van der Waals surface area contributed by atoms with E-state index in [0.717, 1.165) is 0 Å². The molecule has 0 atom stereocenters. The number of carbonyl (C=O) groups excluding carboxylic acids is 1. The molecule has 0 aliphatic rings. The van der Waals surface area contributed by atoms with Gasteiger partial charge in [-0.05, 0) is 0 Å². The summed E-state index contributed by atoms with van der Waals surface area (Å²) in [7, 11) is 0. The van der Waals surface area contributed by atoms with Crippen molar-refractivity contribution in [3.8, 4) is 12.3 Å². The van der Waals surface area contributed by atoms with Gasteiger partial charge >= 0.3 is 35.5 Å². The van der Waals surface area contributed by atoms with E-state index in [9.17, 15) is 4.79 Å². The predicted molar refractivity (Wildman–Crippen MR) is 26.3 cm³/mol. The van der Waals surface area contributed by atoms with Crippen molar-refractivity contribution in [2.75, 3.05) is 0 Å². The van der Waals surface area contributed by atoms with E-state index in [1.165, 1.54) is 0 Å². The molecule has 0 fully saturated rings. The van der Waals surface area contributed by atoms with E-state index in [4.69, 9.17) is 0 Å². The third-order valence-corrected chi connectivity index (χ3v) is 0.225. The summed E-state index contributed by atoms with van der Waals surface area (Å²) < 4.78 is 0. The molecular formula is C3H4NNaO2. The Morgan fingerprint density at radius 2 is 2.29 bits per heavy atom. The number of hydrogen-bond acceptors (Lipinski definition) is 3. The second-order valence-electron chi connectivity index (χ2n) is 0.550. The minimum atomic E-state index is -0.852. The molecule has 0 aromatic heterocycles. The molecule has 2 N–H and O–H groups in total. The van der Waals surface area contributed by atoms with Gasteiger partial charge in [0.05, 0.1) is 0 Å². The van der Waals surface area contributed by atoms with E-state index in [1.807, 2.05) is 0 Å². The molecule has 34 valence electrons. The Morgan fingerprint density at radius 1 is 1.86 bits per heavy atom. The molecule has 0 unspecified atom stereocenters. The third kappa shape index (κ3) is 5.99. The second-order valence-corrected chi connectivity index (χ2v) is 0.550.